The van der Waals surface area contributed by atoms with Crippen LogP contribution in [0.2, 0.25) is 0 Å². The van der Waals surface area contributed by atoms with Gasteiger partial charge in [0, 0.05) is 6.08 Å². The topological polar surface area (TPSA) is 26.3 Å². The van der Waals surface area contributed by atoms with E-state index in [0.717, 1.165) is 6.08 Å². The summed E-state index contributed by atoms with van der Waals surface area (Å²) in [5, 5.41) is 0. The largest absolute Gasteiger partial charge is 0.507 e. The molecule has 0 aliphatic carbocycles. The fourth-order valence-electron chi connectivity index (χ4n) is 0.113. The third-order valence-corrected chi connectivity index (χ3v) is 1.08. The van der Waals surface area contributed by atoms with E-state index in [4.69, 9.17) is 11.1 Å². The van der Waals surface area contributed by atoms with Crippen LogP contribution < -0.4 is 0 Å². The first-order valence-corrected chi connectivity index (χ1v) is 4.38. The fourth-order valence-corrected chi connectivity index (χ4v) is 0.661. The monoisotopic (exact) mass is 136 g/mol. The van der Waals surface area contributed by atoms with E-state index in [2.05, 4.69) is 11.0 Å². The van der Waals surface area contributed by atoms with Gasteiger partial charge in [-0.25, -0.2) is 4.79 Å². The van der Waals surface area contributed by atoms with E-state index in [0.29, 0.717) is 0 Å². The van der Waals surface area contributed by atoms with E-state index in [1.165, 1.54) is 0 Å². The van der Waals surface area contributed by atoms with Crippen molar-refractivity contribution in [1.29, 1.82) is 0 Å². The second-order valence-electron chi connectivity index (χ2n) is 0.777. The third kappa shape index (κ3) is 3.55. The van der Waals surface area contributed by atoms with Crippen LogP contribution in [0.4, 0.5) is 0 Å². The molecule has 0 aliphatic rings. The van der Waals surface area contributed by atoms with Crippen molar-refractivity contribution in [3.63, 3.8) is 0 Å². The number of carbonyl (C=O) groups excluding carboxylic acids is 1. The van der Waals surface area contributed by atoms with Gasteiger partial charge in [-0.05, 0) is 0 Å². The molecule has 0 bridgehead atoms. The zero-order valence-corrected chi connectivity index (χ0v) is 5.86. The molecule has 7 heavy (non-hydrogen) atoms. The highest BCUT2D eigenvalue weighted by atomic mass is 35.6. The second-order valence-corrected chi connectivity index (χ2v) is 1.94. The highest BCUT2D eigenvalue weighted by Crippen LogP contribution is 1.76. The molecule has 0 saturated heterocycles. The Morgan fingerprint density at radius 2 is 2.57 bits per heavy atom. The Balaban J connectivity index is 3.17. The minimum atomic E-state index is -1.09. The van der Waals surface area contributed by atoms with Gasteiger partial charge in [0.2, 0.25) is 0 Å². The first-order valence-electron chi connectivity index (χ1n) is 1.66. The predicted molar refractivity (Wildman–Crippen MR) is 30.7 cm³/mol. The number of hydrogen-bond acceptors (Lipinski definition) is 2. The van der Waals surface area contributed by atoms with Crippen molar-refractivity contribution in [2.24, 2.45) is 0 Å². The molecular weight excluding hydrogens is 132 g/mol. The van der Waals surface area contributed by atoms with Gasteiger partial charge in [-0.2, -0.15) is 0 Å². The highest BCUT2D eigenvalue weighted by molar-refractivity contribution is 6.90. The lowest BCUT2D eigenvalue weighted by atomic mass is 10.7. The zero-order valence-electron chi connectivity index (χ0n) is 3.69. The predicted octanol–water partition coefficient (Wildman–Crippen LogP) is -0.0468. The summed E-state index contributed by atoms with van der Waals surface area (Å²) in [6.45, 7) is 3.17. The quantitative estimate of drug-likeness (QED) is 0.302. The smallest absolute Gasteiger partial charge is 0.320 e. The van der Waals surface area contributed by atoms with Gasteiger partial charge in [0.1, 0.15) is 0 Å². The van der Waals surface area contributed by atoms with Crippen molar-refractivity contribution in [2.45, 2.75) is 0 Å². The van der Waals surface area contributed by atoms with Gasteiger partial charge in [-0.3, -0.25) is 0 Å². The van der Waals surface area contributed by atoms with Gasteiger partial charge in [0.05, 0.1) is 0 Å². The Labute approximate surface area is 48.8 Å². The van der Waals surface area contributed by atoms with E-state index >= 15 is 0 Å². The molecule has 0 aliphatic heterocycles. The maximum Gasteiger partial charge on any atom is 0.320 e. The highest BCUT2D eigenvalue weighted by Gasteiger charge is 1.88. The summed E-state index contributed by atoms with van der Waals surface area (Å²) in [4.78, 5) is 10.0. The number of carbonyl (C=O) groups is 1. The molecule has 2 nitrogen and oxygen atoms in total. The van der Waals surface area contributed by atoms with Gasteiger partial charge in [0.15, 0.2) is 0 Å². The van der Waals surface area contributed by atoms with Gasteiger partial charge in [-0.1, -0.05) is 6.58 Å². The molecule has 0 unspecified atom stereocenters. The molecule has 0 radical (unpaired) electrons. The van der Waals surface area contributed by atoms with Gasteiger partial charge < -0.3 is 4.43 Å². The first-order chi connectivity index (χ1) is 3.31. The Morgan fingerprint density at radius 1 is 2.00 bits per heavy atom. The van der Waals surface area contributed by atoms with E-state index < -0.39 is 15.0 Å². The van der Waals surface area contributed by atoms with Crippen molar-refractivity contribution in [3.8, 4) is 0 Å². The van der Waals surface area contributed by atoms with E-state index in [-0.39, 0.29) is 0 Å². The summed E-state index contributed by atoms with van der Waals surface area (Å²) < 4.78 is 4.34. The van der Waals surface area contributed by atoms with Crippen LogP contribution in [0.3, 0.4) is 0 Å². The maximum absolute atomic E-state index is 10.0. The summed E-state index contributed by atoms with van der Waals surface area (Å²) in [6, 6.07) is 0. The van der Waals surface area contributed by atoms with Crippen LogP contribution in [0.1, 0.15) is 0 Å². The fraction of sp³-hybridized carbons (Fsp3) is 0. The molecule has 0 heterocycles. The molecule has 0 aromatic carbocycles. The summed E-state index contributed by atoms with van der Waals surface area (Å²) >= 11 is 5.12. The molecule has 0 amide bonds. The zero-order chi connectivity index (χ0) is 5.70. The molecule has 0 rings (SSSR count). The minimum absolute atomic E-state index is 0.429. The lowest BCUT2D eigenvalue weighted by Crippen LogP contribution is -1.98. The maximum atomic E-state index is 10.0. The molecule has 0 N–H and O–H groups in total. The molecule has 0 saturated carbocycles. The summed E-state index contributed by atoms with van der Waals surface area (Å²) in [5.74, 6) is -0.429. The Bertz CT molecular complexity index is 83.0. The van der Waals surface area contributed by atoms with Crippen LogP contribution in [0.25, 0.3) is 0 Å². The van der Waals surface area contributed by atoms with Crippen LogP contribution in [-0.2, 0) is 9.22 Å². The lowest BCUT2D eigenvalue weighted by Gasteiger charge is -1.89. The minimum Gasteiger partial charge on any atom is -0.507 e. The normalized spacial score (nSPS) is 9.29. The standard InChI is InChI=1S/C3H5ClO2Si/c1-2-3(5)6-7-4/h2H,1,7H2. The molecule has 0 aromatic rings. The number of halogens is 1. The van der Waals surface area contributed by atoms with Crippen molar-refractivity contribution in [3.05, 3.63) is 12.7 Å². The SMILES string of the molecule is C=CC(=O)O[SiH2]Cl. The van der Waals surface area contributed by atoms with E-state index in [9.17, 15) is 4.79 Å². The Morgan fingerprint density at radius 3 is 2.71 bits per heavy atom. The lowest BCUT2D eigenvalue weighted by molar-refractivity contribution is -0.128. The second kappa shape index (κ2) is 3.89. The van der Waals surface area contributed by atoms with Crippen LogP contribution in [0.5, 0.6) is 0 Å². The third-order valence-electron chi connectivity index (χ3n) is 0.363. The number of hydrogen-bond donors (Lipinski definition) is 0. The average molecular weight is 137 g/mol. The molecular formula is C3H5ClO2Si. The average Bonchev–Trinajstić information content (AvgIpc) is 1.68. The van der Waals surface area contributed by atoms with Gasteiger partial charge in [-0.15, -0.1) is 11.1 Å². The van der Waals surface area contributed by atoms with Crippen LogP contribution in [0.15, 0.2) is 12.7 Å². The van der Waals surface area contributed by atoms with Gasteiger partial charge in [0.25, 0.3) is 0 Å². The van der Waals surface area contributed by atoms with Crippen molar-refractivity contribution >= 4 is 26.1 Å². The number of rotatable bonds is 2. The van der Waals surface area contributed by atoms with E-state index in [1.54, 1.807) is 0 Å². The summed E-state index contributed by atoms with van der Waals surface area (Å²) in [5.41, 5.74) is 0. The molecule has 0 atom stereocenters. The first kappa shape index (κ1) is 6.72. The molecule has 0 aromatic heterocycles. The van der Waals surface area contributed by atoms with Gasteiger partial charge >= 0.3 is 15.0 Å². The van der Waals surface area contributed by atoms with Crippen LogP contribution >= 0.6 is 11.1 Å². The molecule has 0 spiro atoms. The van der Waals surface area contributed by atoms with Crippen molar-refractivity contribution < 1.29 is 9.22 Å². The Kier molecular flexibility index (Phi) is 3.73. The molecule has 40 valence electrons. The van der Waals surface area contributed by atoms with Crippen LogP contribution in [-0.4, -0.2) is 15.0 Å². The molecule has 4 heteroatoms. The Hall–Kier alpha value is -0.283. The summed E-state index contributed by atoms with van der Waals surface area (Å²) in [6.07, 6.45) is 1.09. The molecule has 0 fully saturated rings. The van der Waals surface area contributed by atoms with E-state index in [1.807, 2.05) is 0 Å². The summed E-state index contributed by atoms with van der Waals surface area (Å²) in [7, 11) is -1.09. The van der Waals surface area contributed by atoms with Crippen molar-refractivity contribution in [1.82, 2.24) is 0 Å². The van der Waals surface area contributed by atoms with Crippen LogP contribution in [0, 0.1) is 0 Å². The van der Waals surface area contributed by atoms with Crippen molar-refractivity contribution in [2.75, 3.05) is 0 Å².